The van der Waals surface area contributed by atoms with Gasteiger partial charge >= 0.3 is 0 Å². The molecule has 0 aliphatic rings. The minimum Gasteiger partial charge on any atom is -0.481 e. The van der Waals surface area contributed by atoms with Gasteiger partial charge in [0.1, 0.15) is 5.75 Å². The molecular formula is C20H18N2O4. The highest BCUT2D eigenvalue weighted by atomic mass is 16.5. The van der Waals surface area contributed by atoms with E-state index in [0.717, 1.165) is 0 Å². The number of para-hydroxylation sites is 1. The summed E-state index contributed by atoms with van der Waals surface area (Å²) in [5.74, 6) is 0.262. The Morgan fingerprint density at radius 2 is 1.54 bits per heavy atom. The molecule has 0 aliphatic carbocycles. The summed E-state index contributed by atoms with van der Waals surface area (Å²) < 4.78 is 10.6. The van der Waals surface area contributed by atoms with Crippen LogP contribution in [0.25, 0.3) is 0 Å². The Hall–Kier alpha value is -3.54. The summed E-state index contributed by atoms with van der Waals surface area (Å²) in [6.45, 7) is 1.68. The largest absolute Gasteiger partial charge is 0.481 e. The molecule has 2 aromatic carbocycles. The summed E-state index contributed by atoms with van der Waals surface area (Å²) in [5.41, 5.74) is 1.20. The topological polar surface area (TPSA) is 80.6 Å². The summed E-state index contributed by atoms with van der Waals surface area (Å²) in [7, 11) is 0. The van der Waals surface area contributed by atoms with E-state index in [1.54, 1.807) is 55.5 Å². The predicted octanol–water partition coefficient (Wildman–Crippen LogP) is 3.94. The van der Waals surface area contributed by atoms with Crippen LogP contribution in [-0.2, 0) is 4.79 Å². The van der Waals surface area contributed by atoms with Crippen molar-refractivity contribution in [2.75, 3.05) is 10.6 Å². The third kappa shape index (κ3) is 4.51. The molecule has 3 aromatic rings. The van der Waals surface area contributed by atoms with Crippen LogP contribution in [0.2, 0.25) is 0 Å². The number of rotatable bonds is 6. The van der Waals surface area contributed by atoms with Crippen molar-refractivity contribution >= 4 is 23.2 Å². The highest BCUT2D eigenvalue weighted by Crippen LogP contribution is 2.16. The Balaban J connectivity index is 1.55. The van der Waals surface area contributed by atoms with Crippen LogP contribution in [0.1, 0.15) is 17.5 Å². The van der Waals surface area contributed by atoms with Crippen LogP contribution in [0.4, 0.5) is 11.4 Å². The van der Waals surface area contributed by atoms with E-state index in [2.05, 4.69) is 10.6 Å². The number of carbonyl (C=O) groups is 2. The van der Waals surface area contributed by atoms with Crippen molar-refractivity contribution in [3.63, 3.8) is 0 Å². The molecule has 26 heavy (non-hydrogen) atoms. The molecule has 1 heterocycles. The zero-order chi connectivity index (χ0) is 18.4. The van der Waals surface area contributed by atoms with E-state index in [9.17, 15) is 9.59 Å². The SMILES string of the molecule is CC(Oc1ccccc1)C(=O)Nc1ccc(NC(=O)c2ccco2)cc1. The average molecular weight is 350 g/mol. The number of anilines is 2. The summed E-state index contributed by atoms with van der Waals surface area (Å²) in [6.07, 6.45) is 0.794. The maximum atomic E-state index is 12.2. The highest BCUT2D eigenvalue weighted by molar-refractivity contribution is 6.02. The number of hydrogen-bond acceptors (Lipinski definition) is 4. The first-order valence-electron chi connectivity index (χ1n) is 8.09. The van der Waals surface area contributed by atoms with Gasteiger partial charge in [-0.05, 0) is 55.5 Å². The Bertz CT molecular complexity index is 859. The van der Waals surface area contributed by atoms with Gasteiger partial charge in [0.25, 0.3) is 11.8 Å². The van der Waals surface area contributed by atoms with Gasteiger partial charge in [-0.2, -0.15) is 0 Å². The lowest BCUT2D eigenvalue weighted by atomic mass is 10.2. The van der Waals surface area contributed by atoms with Gasteiger partial charge in [-0.15, -0.1) is 0 Å². The molecule has 0 bridgehead atoms. The highest BCUT2D eigenvalue weighted by Gasteiger charge is 2.15. The number of ether oxygens (including phenoxy) is 1. The first-order valence-corrected chi connectivity index (χ1v) is 8.09. The van der Waals surface area contributed by atoms with Crippen LogP contribution in [-0.4, -0.2) is 17.9 Å². The third-order valence-electron chi connectivity index (χ3n) is 3.58. The molecule has 0 saturated heterocycles. The van der Waals surface area contributed by atoms with Crippen molar-refractivity contribution in [2.45, 2.75) is 13.0 Å². The third-order valence-corrected chi connectivity index (χ3v) is 3.58. The Morgan fingerprint density at radius 3 is 2.15 bits per heavy atom. The lowest BCUT2D eigenvalue weighted by molar-refractivity contribution is -0.122. The first-order chi connectivity index (χ1) is 12.6. The van der Waals surface area contributed by atoms with Crippen LogP contribution in [0.3, 0.4) is 0 Å². The van der Waals surface area contributed by atoms with Crippen molar-refractivity contribution in [3.05, 3.63) is 78.8 Å². The van der Waals surface area contributed by atoms with Crippen molar-refractivity contribution in [1.82, 2.24) is 0 Å². The molecular weight excluding hydrogens is 332 g/mol. The quantitative estimate of drug-likeness (QED) is 0.706. The van der Waals surface area contributed by atoms with Gasteiger partial charge in [-0.1, -0.05) is 18.2 Å². The molecule has 3 rings (SSSR count). The van der Waals surface area contributed by atoms with Crippen LogP contribution in [0.5, 0.6) is 5.75 Å². The summed E-state index contributed by atoms with van der Waals surface area (Å²) in [6, 6.07) is 19.2. The van der Waals surface area contributed by atoms with Gasteiger partial charge < -0.3 is 19.8 Å². The van der Waals surface area contributed by atoms with E-state index in [1.165, 1.54) is 6.26 Å². The maximum absolute atomic E-state index is 12.2. The minimum atomic E-state index is -0.643. The van der Waals surface area contributed by atoms with E-state index >= 15 is 0 Å². The number of nitrogens with one attached hydrogen (secondary N) is 2. The molecule has 1 atom stereocenters. The van der Waals surface area contributed by atoms with Crippen LogP contribution in [0, 0.1) is 0 Å². The fraction of sp³-hybridized carbons (Fsp3) is 0.100. The van der Waals surface area contributed by atoms with Crippen molar-refractivity contribution < 1.29 is 18.7 Å². The Morgan fingerprint density at radius 1 is 0.885 bits per heavy atom. The van der Waals surface area contributed by atoms with Crippen molar-refractivity contribution in [1.29, 1.82) is 0 Å². The molecule has 1 unspecified atom stereocenters. The Labute approximate surface area is 150 Å². The normalized spacial score (nSPS) is 11.4. The average Bonchev–Trinajstić information content (AvgIpc) is 3.19. The van der Waals surface area contributed by atoms with E-state index in [-0.39, 0.29) is 17.6 Å². The molecule has 0 aliphatic heterocycles. The molecule has 2 amide bonds. The van der Waals surface area contributed by atoms with Gasteiger partial charge in [0, 0.05) is 11.4 Å². The fourth-order valence-electron chi connectivity index (χ4n) is 2.24. The van der Waals surface area contributed by atoms with Gasteiger partial charge in [-0.25, -0.2) is 0 Å². The molecule has 6 heteroatoms. The summed E-state index contributed by atoms with van der Waals surface area (Å²) >= 11 is 0. The summed E-state index contributed by atoms with van der Waals surface area (Å²) in [5, 5.41) is 5.49. The standard InChI is InChI=1S/C20H18N2O4/c1-14(26-17-6-3-2-4-7-17)19(23)21-15-9-11-16(12-10-15)22-20(24)18-8-5-13-25-18/h2-14H,1H3,(H,21,23)(H,22,24). The van der Waals surface area contributed by atoms with Gasteiger partial charge in [0.15, 0.2) is 11.9 Å². The fourth-order valence-corrected chi connectivity index (χ4v) is 2.24. The minimum absolute atomic E-state index is 0.231. The molecule has 1 aromatic heterocycles. The predicted molar refractivity (Wildman–Crippen MR) is 98.3 cm³/mol. The van der Waals surface area contributed by atoms with E-state index in [0.29, 0.717) is 17.1 Å². The van der Waals surface area contributed by atoms with E-state index in [4.69, 9.17) is 9.15 Å². The molecule has 0 fully saturated rings. The first kappa shape index (κ1) is 17.3. The Kier molecular flexibility index (Phi) is 5.34. The monoisotopic (exact) mass is 350 g/mol. The second-order valence-electron chi connectivity index (χ2n) is 5.57. The van der Waals surface area contributed by atoms with Gasteiger partial charge in [-0.3, -0.25) is 9.59 Å². The van der Waals surface area contributed by atoms with E-state index < -0.39 is 6.10 Å². The second kappa shape index (κ2) is 8.02. The van der Waals surface area contributed by atoms with Crippen molar-refractivity contribution in [2.24, 2.45) is 0 Å². The molecule has 2 N–H and O–H groups in total. The lowest BCUT2D eigenvalue weighted by Crippen LogP contribution is -2.30. The van der Waals surface area contributed by atoms with Gasteiger partial charge in [0.2, 0.25) is 0 Å². The zero-order valence-corrected chi connectivity index (χ0v) is 14.1. The number of amides is 2. The summed E-state index contributed by atoms with van der Waals surface area (Å²) in [4.78, 5) is 24.1. The van der Waals surface area contributed by atoms with Crippen LogP contribution in [0.15, 0.2) is 77.4 Å². The molecule has 0 saturated carbocycles. The van der Waals surface area contributed by atoms with E-state index in [1.807, 2.05) is 18.2 Å². The maximum Gasteiger partial charge on any atom is 0.291 e. The molecule has 6 nitrogen and oxygen atoms in total. The lowest BCUT2D eigenvalue weighted by Gasteiger charge is -2.15. The molecule has 0 radical (unpaired) electrons. The number of benzene rings is 2. The zero-order valence-electron chi connectivity index (χ0n) is 14.1. The number of furan rings is 1. The molecule has 132 valence electrons. The van der Waals surface area contributed by atoms with Crippen LogP contribution >= 0.6 is 0 Å². The molecule has 0 spiro atoms. The number of carbonyl (C=O) groups excluding carboxylic acids is 2. The van der Waals surface area contributed by atoms with Crippen LogP contribution < -0.4 is 15.4 Å². The van der Waals surface area contributed by atoms with Crippen molar-refractivity contribution in [3.8, 4) is 5.75 Å². The number of hydrogen-bond donors (Lipinski definition) is 2. The van der Waals surface area contributed by atoms with Gasteiger partial charge in [0.05, 0.1) is 6.26 Å². The second-order valence-corrected chi connectivity index (χ2v) is 5.57. The smallest absolute Gasteiger partial charge is 0.291 e.